The zero-order chi connectivity index (χ0) is 12.0. The fourth-order valence-corrected chi connectivity index (χ4v) is 2.05. The average molecular weight is 220 g/mol. The average Bonchev–Trinajstić information content (AvgIpc) is 2.16. The topological polar surface area (TPSA) is 15.3 Å². The van der Waals surface area contributed by atoms with Crippen molar-refractivity contribution in [1.29, 1.82) is 0 Å². The van der Waals surface area contributed by atoms with Gasteiger partial charge in [-0.1, -0.05) is 44.2 Å². The standard InChI is InChI=1S/C14H24N2/c1-14(2,12-16(3)4)11-15-10-13-8-6-5-7-9-13/h5-9,15H,10-12H2,1-4H3. The van der Waals surface area contributed by atoms with E-state index in [-0.39, 0.29) is 0 Å². The van der Waals surface area contributed by atoms with Gasteiger partial charge in [0.15, 0.2) is 0 Å². The molecule has 1 aromatic rings. The van der Waals surface area contributed by atoms with Crippen LogP contribution in [0.4, 0.5) is 0 Å². The summed E-state index contributed by atoms with van der Waals surface area (Å²) in [4.78, 5) is 2.24. The molecule has 90 valence electrons. The van der Waals surface area contributed by atoms with Gasteiger partial charge in [0.05, 0.1) is 0 Å². The molecule has 0 heterocycles. The highest BCUT2D eigenvalue weighted by Gasteiger charge is 2.17. The van der Waals surface area contributed by atoms with Crippen LogP contribution < -0.4 is 5.32 Å². The molecule has 2 heteroatoms. The van der Waals surface area contributed by atoms with Crippen LogP contribution in [-0.4, -0.2) is 32.1 Å². The molecule has 0 bridgehead atoms. The minimum absolute atomic E-state index is 0.318. The zero-order valence-corrected chi connectivity index (χ0v) is 11.0. The van der Waals surface area contributed by atoms with Crippen molar-refractivity contribution in [2.24, 2.45) is 5.41 Å². The van der Waals surface area contributed by atoms with Gasteiger partial charge in [-0.15, -0.1) is 0 Å². The van der Waals surface area contributed by atoms with Gasteiger partial charge in [-0.05, 0) is 25.1 Å². The molecule has 0 aromatic heterocycles. The van der Waals surface area contributed by atoms with E-state index >= 15 is 0 Å². The Hall–Kier alpha value is -0.860. The monoisotopic (exact) mass is 220 g/mol. The molecule has 0 unspecified atom stereocenters. The van der Waals surface area contributed by atoms with E-state index in [1.807, 2.05) is 0 Å². The highest BCUT2D eigenvalue weighted by Crippen LogP contribution is 2.14. The fraction of sp³-hybridized carbons (Fsp3) is 0.571. The lowest BCUT2D eigenvalue weighted by molar-refractivity contribution is 0.232. The van der Waals surface area contributed by atoms with Crippen molar-refractivity contribution in [2.45, 2.75) is 20.4 Å². The maximum atomic E-state index is 3.52. The van der Waals surface area contributed by atoms with Gasteiger partial charge in [-0.2, -0.15) is 0 Å². The second kappa shape index (κ2) is 6.02. The molecule has 0 aliphatic carbocycles. The zero-order valence-electron chi connectivity index (χ0n) is 11.0. The predicted octanol–water partition coefficient (Wildman–Crippen LogP) is 2.36. The Morgan fingerprint density at radius 3 is 2.31 bits per heavy atom. The van der Waals surface area contributed by atoms with Crippen LogP contribution in [0.1, 0.15) is 19.4 Å². The first-order valence-electron chi connectivity index (χ1n) is 5.89. The van der Waals surface area contributed by atoms with Crippen molar-refractivity contribution in [3.63, 3.8) is 0 Å². The van der Waals surface area contributed by atoms with Crippen LogP contribution in [0.5, 0.6) is 0 Å². The Morgan fingerprint density at radius 1 is 1.12 bits per heavy atom. The first-order valence-corrected chi connectivity index (χ1v) is 5.89. The van der Waals surface area contributed by atoms with Gasteiger partial charge in [0, 0.05) is 19.6 Å². The first kappa shape index (κ1) is 13.2. The van der Waals surface area contributed by atoms with Crippen LogP contribution in [0.2, 0.25) is 0 Å². The number of nitrogens with zero attached hydrogens (tertiary/aromatic N) is 1. The fourth-order valence-electron chi connectivity index (χ4n) is 2.05. The summed E-state index contributed by atoms with van der Waals surface area (Å²) in [6, 6.07) is 10.5. The summed E-state index contributed by atoms with van der Waals surface area (Å²) < 4.78 is 0. The SMILES string of the molecule is CN(C)CC(C)(C)CNCc1ccccc1. The summed E-state index contributed by atoms with van der Waals surface area (Å²) in [6.07, 6.45) is 0. The third kappa shape index (κ3) is 5.29. The summed E-state index contributed by atoms with van der Waals surface area (Å²) in [7, 11) is 4.25. The Bertz CT molecular complexity index is 291. The molecule has 1 aromatic carbocycles. The summed E-state index contributed by atoms with van der Waals surface area (Å²) in [6.45, 7) is 7.70. The molecule has 1 N–H and O–H groups in total. The molecular formula is C14H24N2. The lowest BCUT2D eigenvalue weighted by atomic mass is 9.93. The smallest absolute Gasteiger partial charge is 0.0205 e. The van der Waals surface area contributed by atoms with E-state index in [4.69, 9.17) is 0 Å². The Labute approximate surface area is 99.7 Å². The quantitative estimate of drug-likeness (QED) is 0.792. The summed E-state index contributed by atoms with van der Waals surface area (Å²) in [5.41, 5.74) is 1.67. The van der Waals surface area contributed by atoms with Crippen molar-refractivity contribution in [1.82, 2.24) is 10.2 Å². The molecule has 2 nitrogen and oxygen atoms in total. The van der Waals surface area contributed by atoms with Crippen molar-refractivity contribution in [2.75, 3.05) is 27.2 Å². The second-order valence-corrected chi connectivity index (χ2v) is 5.49. The maximum Gasteiger partial charge on any atom is 0.0205 e. The first-order chi connectivity index (χ1) is 7.49. The van der Waals surface area contributed by atoms with Crippen LogP contribution >= 0.6 is 0 Å². The summed E-state index contributed by atoms with van der Waals surface area (Å²) in [5.74, 6) is 0. The van der Waals surface area contributed by atoms with Gasteiger partial charge in [-0.3, -0.25) is 0 Å². The van der Waals surface area contributed by atoms with Gasteiger partial charge in [0.2, 0.25) is 0 Å². The van der Waals surface area contributed by atoms with Crippen molar-refractivity contribution < 1.29 is 0 Å². The Balaban J connectivity index is 2.30. The van der Waals surface area contributed by atoms with E-state index in [0.717, 1.165) is 19.6 Å². The van der Waals surface area contributed by atoms with Crippen LogP contribution in [0.15, 0.2) is 30.3 Å². The van der Waals surface area contributed by atoms with Gasteiger partial charge in [0.25, 0.3) is 0 Å². The Morgan fingerprint density at radius 2 is 1.75 bits per heavy atom. The van der Waals surface area contributed by atoms with E-state index in [9.17, 15) is 0 Å². The molecule has 0 aliphatic rings. The van der Waals surface area contributed by atoms with Gasteiger partial charge in [0.1, 0.15) is 0 Å². The number of hydrogen-bond acceptors (Lipinski definition) is 2. The third-order valence-corrected chi connectivity index (χ3v) is 2.52. The normalized spacial score (nSPS) is 12.1. The van der Waals surface area contributed by atoms with E-state index in [2.05, 4.69) is 68.5 Å². The highest BCUT2D eigenvalue weighted by atomic mass is 15.1. The van der Waals surface area contributed by atoms with Crippen LogP contribution in [-0.2, 0) is 6.54 Å². The molecule has 0 saturated heterocycles. The van der Waals surface area contributed by atoms with Crippen molar-refractivity contribution in [3.8, 4) is 0 Å². The number of hydrogen-bond donors (Lipinski definition) is 1. The maximum absolute atomic E-state index is 3.52. The van der Waals surface area contributed by atoms with Crippen LogP contribution in [0, 0.1) is 5.41 Å². The van der Waals surface area contributed by atoms with E-state index in [1.54, 1.807) is 0 Å². The molecule has 0 radical (unpaired) electrons. The molecule has 0 spiro atoms. The largest absolute Gasteiger partial charge is 0.312 e. The molecule has 0 amide bonds. The number of nitrogens with one attached hydrogen (secondary N) is 1. The van der Waals surface area contributed by atoms with Crippen molar-refractivity contribution in [3.05, 3.63) is 35.9 Å². The highest BCUT2D eigenvalue weighted by molar-refractivity contribution is 5.14. The number of rotatable bonds is 6. The van der Waals surface area contributed by atoms with Crippen LogP contribution in [0.3, 0.4) is 0 Å². The van der Waals surface area contributed by atoms with Gasteiger partial charge >= 0.3 is 0 Å². The van der Waals surface area contributed by atoms with Gasteiger partial charge < -0.3 is 10.2 Å². The van der Waals surface area contributed by atoms with E-state index < -0.39 is 0 Å². The lowest BCUT2D eigenvalue weighted by Crippen LogP contribution is -2.37. The minimum atomic E-state index is 0.318. The Kier molecular flexibility index (Phi) is 4.97. The molecule has 0 aliphatic heterocycles. The molecule has 0 atom stereocenters. The summed E-state index contributed by atoms with van der Waals surface area (Å²) >= 11 is 0. The molecule has 1 rings (SSSR count). The van der Waals surface area contributed by atoms with E-state index in [0.29, 0.717) is 5.41 Å². The van der Waals surface area contributed by atoms with E-state index in [1.165, 1.54) is 5.56 Å². The lowest BCUT2D eigenvalue weighted by Gasteiger charge is -2.28. The summed E-state index contributed by atoms with van der Waals surface area (Å²) in [5, 5.41) is 3.52. The predicted molar refractivity (Wildman–Crippen MR) is 70.5 cm³/mol. The number of benzene rings is 1. The third-order valence-electron chi connectivity index (χ3n) is 2.52. The molecule has 16 heavy (non-hydrogen) atoms. The molecular weight excluding hydrogens is 196 g/mol. The van der Waals surface area contributed by atoms with Gasteiger partial charge in [-0.25, -0.2) is 0 Å². The second-order valence-electron chi connectivity index (χ2n) is 5.49. The molecule has 0 fully saturated rings. The minimum Gasteiger partial charge on any atom is -0.312 e. The molecule has 0 saturated carbocycles. The van der Waals surface area contributed by atoms with Crippen LogP contribution in [0.25, 0.3) is 0 Å². The van der Waals surface area contributed by atoms with Crippen molar-refractivity contribution >= 4 is 0 Å².